The Bertz CT molecular complexity index is 558. The molecule has 4 aliphatic rings. The van der Waals surface area contributed by atoms with E-state index in [2.05, 4.69) is 27.0 Å². The van der Waals surface area contributed by atoms with Crippen molar-refractivity contribution in [2.45, 2.75) is 65.2 Å². The molecule has 4 fully saturated rings. The first-order valence-corrected chi connectivity index (χ1v) is 9.30. The van der Waals surface area contributed by atoms with Gasteiger partial charge in [0.15, 0.2) is 0 Å². The quantitative estimate of drug-likeness (QED) is 0.591. The Kier molecular flexibility index (Phi) is 3.07. The van der Waals surface area contributed by atoms with E-state index < -0.39 is 0 Å². The van der Waals surface area contributed by atoms with Crippen LogP contribution < -0.4 is 0 Å². The van der Waals surface area contributed by atoms with Crippen LogP contribution in [0, 0.1) is 34.5 Å². The van der Waals surface area contributed by atoms with Gasteiger partial charge in [0.05, 0.1) is 0 Å². The molecule has 120 valence electrons. The second-order valence-electron chi connectivity index (χ2n) is 8.97. The molecule has 4 saturated carbocycles. The first kappa shape index (κ1) is 14.7. The molecule has 22 heavy (non-hydrogen) atoms. The van der Waals surface area contributed by atoms with Crippen LogP contribution in [-0.4, -0.2) is 5.78 Å². The number of carbonyl (C=O) groups is 1. The van der Waals surface area contributed by atoms with Crippen molar-refractivity contribution in [3.8, 4) is 0 Å². The summed E-state index contributed by atoms with van der Waals surface area (Å²) in [6, 6.07) is 0. The minimum absolute atomic E-state index is 0.00261. The van der Waals surface area contributed by atoms with Gasteiger partial charge >= 0.3 is 0 Å². The minimum atomic E-state index is -0.00261. The maximum Gasteiger partial charge on any atom is 0.139 e. The number of Topliss-reactive ketones (excluding diaryl/α,β-unsaturated/α-hetero) is 1. The van der Waals surface area contributed by atoms with E-state index in [-0.39, 0.29) is 10.8 Å². The third kappa shape index (κ3) is 1.63. The number of fused-ring (bicyclic) bond motifs is 5. The summed E-state index contributed by atoms with van der Waals surface area (Å²) in [7, 11) is 0. The monoisotopic (exact) mass is 298 g/mol. The van der Waals surface area contributed by atoms with Crippen LogP contribution in [0.25, 0.3) is 0 Å². The van der Waals surface area contributed by atoms with Crippen LogP contribution in [0.2, 0.25) is 0 Å². The molecule has 0 aliphatic heterocycles. The van der Waals surface area contributed by atoms with Gasteiger partial charge in [0.25, 0.3) is 0 Å². The second-order valence-corrected chi connectivity index (χ2v) is 8.97. The van der Waals surface area contributed by atoms with Crippen LogP contribution in [0.4, 0.5) is 0 Å². The van der Waals surface area contributed by atoms with Crippen molar-refractivity contribution in [1.29, 1.82) is 0 Å². The standard InChI is InChI=1S/C21H30O/c1-13-5-6-15-7-8-16-17-9-10-19(22)20(17,3)12-11-18(16)21(15,4)14(13)2/h15-18H,1-2,5-12H2,3-4H3/t15-,16-,17-,18-,20-,21-/m0/s1. The fraction of sp³-hybridized carbons (Fsp3) is 0.762. The molecule has 0 saturated heterocycles. The molecule has 0 unspecified atom stereocenters. The molecule has 0 spiro atoms. The Morgan fingerprint density at radius 3 is 2.50 bits per heavy atom. The number of hydrogen-bond donors (Lipinski definition) is 0. The summed E-state index contributed by atoms with van der Waals surface area (Å²) in [4.78, 5) is 12.5. The molecular weight excluding hydrogens is 268 g/mol. The van der Waals surface area contributed by atoms with Gasteiger partial charge < -0.3 is 0 Å². The van der Waals surface area contributed by atoms with E-state index in [1.165, 1.54) is 36.8 Å². The highest BCUT2D eigenvalue weighted by atomic mass is 16.1. The second kappa shape index (κ2) is 4.58. The molecule has 0 aromatic rings. The number of hydrogen-bond acceptors (Lipinski definition) is 1. The van der Waals surface area contributed by atoms with Crippen molar-refractivity contribution < 1.29 is 4.79 Å². The maximum atomic E-state index is 12.5. The van der Waals surface area contributed by atoms with Crippen molar-refractivity contribution in [2.75, 3.05) is 0 Å². The van der Waals surface area contributed by atoms with E-state index in [4.69, 9.17) is 0 Å². The normalized spacial score (nSPS) is 51.3. The molecule has 1 heteroatoms. The summed E-state index contributed by atoms with van der Waals surface area (Å²) in [5, 5.41) is 0. The summed E-state index contributed by atoms with van der Waals surface area (Å²) in [6.45, 7) is 13.6. The zero-order valence-corrected chi connectivity index (χ0v) is 14.3. The van der Waals surface area contributed by atoms with Crippen molar-refractivity contribution in [2.24, 2.45) is 34.5 Å². The number of carbonyl (C=O) groups excluding carboxylic acids is 1. The largest absolute Gasteiger partial charge is 0.299 e. The third-order valence-electron chi connectivity index (χ3n) is 8.48. The average Bonchev–Trinajstić information content (AvgIpc) is 2.80. The van der Waals surface area contributed by atoms with Crippen molar-refractivity contribution in [3.63, 3.8) is 0 Å². The van der Waals surface area contributed by atoms with Crippen molar-refractivity contribution in [1.82, 2.24) is 0 Å². The molecule has 0 radical (unpaired) electrons. The van der Waals surface area contributed by atoms with E-state index in [1.54, 1.807) is 0 Å². The number of rotatable bonds is 0. The van der Waals surface area contributed by atoms with Gasteiger partial charge in [-0.3, -0.25) is 4.79 Å². The molecule has 0 bridgehead atoms. The van der Waals surface area contributed by atoms with Crippen LogP contribution in [0.15, 0.2) is 24.3 Å². The predicted molar refractivity (Wildman–Crippen MR) is 90.4 cm³/mol. The summed E-state index contributed by atoms with van der Waals surface area (Å²) >= 11 is 0. The van der Waals surface area contributed by atoms with Crippen LogP contribution >= 0.6 is 0 Å². The Hall–Kier alpha value is -0.850. The molecule has 1 nitrogen and oxygen atoms in total. The fourth-order valence-corrected chi connectivity index (χ4v) is 7.00. The van der Waals surface area contributed by atoms with Gasteiger partial charge in [-0.25, -0.2) is 0 Å². The first-order chi connectivity index (χ1) is 10.4. The van der Waals surface area contributed by atoms with Gasteiger partial charge in [-0.15, -0.1) is 0 Å². The van der Waals surface area contributed by atoms with Gasteiger partial charge in [0.1, 0.15) is 5.78 Å². The SMILES string of the molecule is C=C1CC[C@H]2CC[C@@H]3[C@H](CC[C@]4(C)C(=O)CC[C@@H]34)[C@@]2(C)C1=C. The summed E-state index contributed by atoms with van der Waals surface area (Å²) in [5.74, 6) is 3.47. The molecule has 0 heterocycles. The lowest BCUT2D eigenvalue weighted by molar-refractivity contribution is -0.134. The lowest BCUT2D eigenvalue weighted by Gasteiger charge is -2.60. The Morgan fingerprint density at radius 2 is 1.73 bits per heavy atom. The van der Waals surface area contributed by atoms with Gasteiger partial charge in [0, 0.05) is 11.8 Å². The van der Waals surface area contributed by atoms with E-state index in [0.29, 0.717) is 11.7 Å². The number of ketones is 1. The Morgan fingerprint density at radius 1 is 0.955 bits per heavy atom. The van der Waals surface area contributed by atoms with Crippen LogP contribution in [0.5, 0.6) is 0 Å². The van der Waals surface area contributed by atoms with Gasteiger partial charge in [-0.2, -0.15) is 0 Å². The predicted octanol–water partition coefficient (Wildman–Crippen LogP) is 5.32. The summed E-state index contributed by atoms with van der Waals surface area (Å²) in [5.41, 5.74) is 2.91. The molecule has 4 aliphatic carbocycles. The van der Waals surface area contributed by atoms with E-state index in [9.17, 15) is 4.79 Å². The maximum absolute atomic E-state index is 12.5. The van der Waals surface area contributed by atoms with E-state index in [1.807, 2.05) is 0 Å². The smallest absolute Gasteiger partial charge is 0.139 e. The van der Waals surface area contributed by atoms with E-state index >= 15 is 0 Å². The van der Waals surface area contributed by atoms with Crippen LogP contribution in [-0.2, 0) is 4.79 Å². The van der Waals surface area contributed by atoms with Crippen LogP contribution in [0.1, 0.15) is 65.2 Å². The molecule has 0 aromatic carbocycles. The van der Waals surface area contributed by atoms with Crippen molar-refractivity contribution >= 4 is 5.78 Å². The summed E-state index contributed by atoms with van der Waals surface area (Å²) in [6.07, 6.45) is 9.45. The fourth-order valence-electron chi connectivity index (χ4n) is 7.00. The minimum Gasteiger partial charge on any atom is -0.299 e. The third-order valence-corrected chi connectivity index (χ3v) is 8.48. The lowest BCUT2D eigenvalue weighted by Crippen LogP contribution is -2.53. The Labute approximate surface area is 135 Å². The molecule has 0 aromatic heterocycles. The molecule has 0 N–H and O–H groups in total. The molecular formula is C21H30O. The summed E-state index contributed by atoms with van der Waals surface area (Å²) < 4.78 is 0. The first-order valence-electron chi connectivity index (χ1n) is 9.30. The van der Waals surface area contributed by atoms with Gasteiger partial charge in [-0.1, -0.05) is 32.6 Å². The molecule has 4 rings (SSSR count). The highest BCUT2D eigenvalue weighted by molar-refractivity contribution is 5.87. The van der Waals surface area contributed by atoms with Gasteiger partial charge in [0.2, 0.25) is 0 Å². The van der Waals surface area contributed by atoms with Crippen LogP contribution in [0.3, 0.4) is 0 Å². The van der Waals surface area contributed by atoms with E-state index in [0.717, 1.165) is 43.4 Å². The highest BCUT2D eigenvalue weighted by Crippen LogP contribution is 2.66. The zero-order chi connectivity index (χ0) is 15.7. The topological polar surface area (TPSA) is 17.1 Å². The Balaban J connectivity index is 1.72. The molecule has 0 amide bonds. The van der Waals surface area contributed by atoms with Crippen molar-refractivity contribution in [3.05, 3.63) is 24.3 Å². The zero-order valence-electron chi connectivity index (χ0n) is 14.3. The highest BCUT2D eigenvalue weighted by Gasteiger charge is 2.60. The lowest BCUT2D eigenvalue weighted by atomic mass is 9.44. The number of allylic oxidation sites excluding steroid dienone is 2. The average molecular weight is 298 g/mol. The molecule has 6 atom stereocenters. The van der Waals surface area contributed by atoms with Gasteiger partial charge in [-0.05, 0) is 79.6 Å².